The molecule has 1 aromatic carbocycles. The number of hydrogen-bond acceptors (Lipinski definition) is 4. The van der Waals surface area contributed by atoms with Crippen molar-refractivity contribution in [3.63, 3.8) is 0 Å². The highest BCUT2D eigenvalue weighted by molar-refractivity contribution is 6.07. The van der Waals surface area contributed by atoms with Gasteiger partial charge in [-0.1, -0.05) is 32.0 Å². The topological polar surface area (TPSA) is 76.8 Å². The van der Waals surface area contributed by atoms with Crippen molar-refractivity contribution in [1.29, 1.82) is 0 Å². The molecule has 148 valence electrons. The molecule has 3 aromatic rings. The first kappa shape index (κ1) is 18.7. The zero-order chi connectivity index (χ0) is 19.7. The molecule has 2 N–H and O–H groups in total. The van der Waals surface area contributed by atoms with Gasteiger partial charge in [0.05, 0.1) is 11.6 Å². The SMILES string of the molecule is CC(C)C[C@H](NC(=O)c1cn(C)c2ccccc12)c1nnc2n1CCNCC2. The number of carbonyl (C=O) groups is 1. The molecule has 4 rings (SSSR count). The van der Waals surface area contributed by atoms with E-state index in [9.17, 15) is 4.79 Å². The fourth-order valence-electron chi connectivity index (χ4n) is 4.01. The number of nitrogens with one attached hydrogen (secondary N) is 2. The van der Waals surface area contributed by atoms with Gasteiger partial charge in [-0.15, -0.1) is 10.2 Å². The lowest BCUT2D eigenvalue weighted by atomic mass is 10.0. The lowest BCUT2D eigenvalue weighted by molar-refractivity contribution is 0.0930. The van der Waals surface area contributed by atoms with Gasteiger partial charge in [0.25, 0.3) is 5.91 Å². The Kier molecular flexibility index (Phi) is 5.17. The number of rotatable bonds is 5. The summed E-state index contributed by atoms with van der Waals surface area (Å²) >= 11 is 0. The summed E-state index contributed by atoms with van der Waals surface area (Å²) in [6.07, 6.45) is 3.58. The van der Waals surface area contributed by atoms with Crippen LogP contribution in [0.15, 0.2) is 30.5 Å². The number of benzene rings is 1. The minimum Gasteiger partial charge on any atom is -0.350 e. The molecule has 2 aromatic heterocycles. The summed E-state index contributed by atoms with van der Waals surface area (Å²) in [6.45, 7) is 6.96. The smallest absolute Gasteiger partial charge is 0.254 e. The third-order valence-corrected chi connectivity index (χ3v) is 5.36. The Labute approximate surface area is 165 Å². The van der Waals surface area contributed by atoms with Crippen LogP contribution in [0.3, 0.4) is 0 Å². The van der Waals surface area contributed by atoms with E-state index < -0.39 is 0 Å². The van der Waals surface area contributed by atoms with Crippen LogP contribution in [0.4, 0.5) is 0 Å². The molecule has 7 heteroatoms. The summed E-state index contributed by atoms with van der Waals surface area (Å²) in [5.41, 5.74) is 1.75. The van der Waals surface area contributed by atoms with Crippen LogP contribution in [-0.2, 0) is 20.0 Å². The van der Waals surface area contributed by atoms with Crippen LogP contribution in [0.25, 0.3) is 10.9 Å². The van der Waals surface area contributed by atoms with Crippen LogP contribution in [0, 0.1) is 5.92 Å². The van der Waals surface area contributed by atoms with Crippen molar-refractivity contribution in [3.8, 4) is 0 Å². The molecule has 0 saturated carbocycles. The largest absolute Gasteiger partial charge is 0.350 e. The van der Waals surface area contributed by atoms with Gasteiger partial charge in [-0.2, -0.15) is 0 Å². The quantitative estimate of drug-likeness (QED) is 0.713. The molecular weight excluding hydrogens is 352 g/mol. The highest BCUT2D eigenvalue weighted by Crippen LogP contribution is 2.25. The number of fused-ring (bicyclic) bond motifs is 2. The average Bonchev–Trinajstić information content (AvgIpc) is 3.14. The molecule has 0 radical (unpaired) electrons. The third-order valence-electron chi connectivity index (χ3n) is 5.36. The molecule has 0 spiro atoms. The van der Waals surface area contributed by atoms with E-state index in [1.807, 2.05) is 42.1 Å². The van der Waals surface area contributed by atoms with Crippen molar-refractivity contribution in [1.82, 2.24) is 30.0 Å². The van der Waals surface area contributed by atoms with E-state index in [-0.39, 0.29) is 11.9 Å². The summed E-state index contributed by atoms with van der Waals surface area (Å²) in [6, 6.07) is 7.83. The van der Waals surface area contributed by atoms with E-state index in [1.54, 1.807) is 0 Å². The third kappa shape index (κ3) is 3.54. The summed E-state index contributed by atoms with van der Waals surface area (Å²) in [5.74, 6) is 2.22. The molecule has 1 amide bonds. The van der Waals surface area contributed by atoms with Crippen LogP contribution in [-0.4, -0.2) is 38.3 Å². The van der Waals surface area contributed by atoms with Crippen LogP contribution in [0.1, 0.15) is 48.3 Å². The van der Waals surface area contributed by atoms with E-state index in [2.05, 4.69) is 39.2 Å². The van der Waals surface area contributed by atoms with Crippen molar-refractivity contribution >= 4 is 16.8 Å². The molecule has 0 fully saturated rings. The predicted molar refractivity (Wildman–Crippen MR) is 109 cm³/mol. The molecule has 1 aliphatic rings. The second-order valence-electron chi connectivity index (χ2n) is 7.95. The summed E-state index contributed by atoms with van der Waals surface area (Å²) in [5, 5.41) is 16.5. The Morgan fingerprint density at radius 1 is 1.25 bits per heavy atom. The van der Waals surface area contributed by atoms with Crippen LogP contribution in [0.5, 0.6) is 0 Å². The predicted octanol–water partition coefficient (Wildman–Crippen LogP) is 2.43. The number of nitrogens with zero attached hydrogens (tertiary/aromatic N) is 4. The van der Waals surface area contributed by atoms with Gasteiger partial charge in [0.2, 0.25) is 0 Å². The molecule has 0 aliphatic carbocycles. The van der Waals surface area contributed by atoms with Crippen molar-refractivity contribution < 1.29 is 4.79 Å². The fourth-order valence-corrected chi connectivity index (χ4v) is 4.01. The first-order valence-electron chi connectivity index (χ1n) is 10.0. The van der Waals surface area contributed by atoms with Crippen molar-refractivity contribution in [2.24, 2.45) is 13.0 Å². The minimum atomic E-state index is -0.161. The molecule has 7 nitrogen and oxygen atoms in total. The fraction of sp³-hybridized carbons (Fsp3) is 0.476. The maximum atomic E-state index is 13.2. The van der Waals surface area contributed by atoms with Gasteiger partial charge < -0.3 is 19.8 Å². The van der Waals surface area contributed by atoms with Crippen LogP contribution >= 0.6 is 0 Å². The Bertz CT molecular complexity index is 986. The number of aryl methyl sites for hydroxylation is 1. The van der Waals surface area contributed by atoms with Crippen molar-refractivity contribution in [3.05, 3.63) is 47.7 Å². The van der Waals surface area contributed by atoms with Gasteiger partial charge >= 0.3 is 0 Å². The van der Waals surface area contributed by atoms with Gasteiger partial charge in [0.15, 0.2) is 5.82 Å². The van der Waals surface area contributed by atoms with Gasteiger partial charge in [0, 0.05) is 50.2 Å². The summed E-state index contributed by atoms with van der Waals surface area (Å²) in [4.78, 5) is 13.2. The van der Waals surface area contributed by atoms with Crippen molar-refractivity contribution in [2.75, 3.05) is 13.1 Å². The molecule has 0 bridgehead atoms. The lowest BCUT2D eigenvalue weighted by Crippen LogP contribution is -2.32. The number of hydrogen-bond donors (Lipinski definition) is 2. The number of amides is 1. The first-order valence-corrected chi connectivity index (χ1v) is 10.0. The molecular formula is C21H28N6O. The average molecular weight is 380 g/mol. The van der Waals surface area contributed by atoms with E-state index in [4.69, 9.17) is 0 Å². The monoisotopic (exact) mass is 380 g/mol. The molecule has 28 heavy (non-hydrogen) atoms. The van der Waals surface area contributed by atoms with Gasteiger partial charge in [-0.05, 0) is 18.4 Å². The second-order valence-corrected chi connectivity index (χ2v) is 7.95. The van der Waals surface area contributed by atoms with E-state index in [0.717, 1.165) is 55.0 Å². The van der Waals surface area contributed by atoms with Gasteiger partial charge in [-0.3, -0.25) is 4.79 Å². The normalized spacial score (nSPS) is 15.4. The Balaban J connectivity index is 1.65. The number of aromatic nitrogens is 4. The highest BCUT2D eigenvalue weighted by Gasteiger charge is 2.26. The lowest BCUT2D eigenvalue weighted by Gasteiger charge is -2.21. The van der Waals surface area contributed by atoms with E-state index in [1.165, 1.54) is 0 Å². The molecule has 1 aliphatic heterocycles. The van der Waals surface area contributed by atoms with E-state index >= 15 is 0 Å². The zero-order valence-corrected chi connectivity index (χ0v) is 16.8. The van der Waals surface area contributed by atoms with Crippen LogP contribution < -0.4 is 10.6 Å². The Morgan fingerprint density at radius 2 is 2.07 bits per heavy atom. The van der Waals surface area contributed by atoms with E-state index in [0.29, 0.717) is 11.5 Å². The zero-order valence-electron chi connectivity index (χ0n) is 16.8. The number of para-hydroxylation sites is 1. The Morgan fingerprint density at radius 3 is 2.89 bits per heavy atom. The second kappa shape index (κ2) is 7.75. The van der Waals surface area contributed by atoms with Gasteiger partial charge in [0.1, 0.15) is 5.82 Å². The molecule has 0 unspecified atom stereocenters. The maximum Gasteiger partial charge on any atom is 0.254 e. The molecule has 3 heterocycles. The minimum absolute atomic E-state index is 0.0634. The maximum absolute atomic E-state index is 13.2. The highest BCUT2D eigenvalue weighted by atomic mass is 16.1. The standard InChI is InChI=1S/C21H28N6O/c1-14(2)12-17(20-25-24-19-8-9-22-10-11-27(19)20)23-21(28)16-13-26(3)18-7-5-4-6-15(16)18/h4-7,13-14,17,22H,8-12H2,1-3H3,(H,23,28)/t17-/m0/s1. The van der Waals surface area contributed by atoms with Crippen LogP contribution in [0.2, 0.25) is 0 Å². The van der Waals surface area contributed by atoms with Crippen molar-refractivity contribution in [2.45, 2.75) is 39.3 Å². The summed E-state index contributed by atoms with van der Waals surface area (Å²) < 4.78 is 4.17. The summed E-state index contributed by atoms with van der Waals surface area (Å²) in [7, 11) is 1.97. The Hall–Kier alpha value is -2.67. The van der Waals surface area contributed by atoms with Gasteiger partial charge in [-0.25, -0.2) is 0 Å². The molecule has 0 saturated heterocycles. The number of carbonyl (C=O) groups excluding carboxylic acids is 1. The first-order chi connectivity index (χ1) is 13.5. The molecule has 1 atom stereocenters.